The zero-order valence-corrected chi connectivity index (χ0v) is 32.4. The minimum Gasteiger partial charge on any atom is -0.444 e. The summed E-state index contributed by atoms with van der Waals surface area (Å²) in [5.41, 5.74) is 0.207. The van der Waals surface area contributed by atoms with E-state index in [1.807, 2.05) is 9.80 Å². The number of fused-ring (bicyclic) bond motifs is 4. The Bertz CT molecular complexity index is 1740. The number of likely N-dealkylation sites (tertiary alicyclic amines) is 1. The maximum atomic E-state index is 16.8. The summed E-state index contributed by atoms with van der Waals surface area (Å²) in [6, 6.07) is 5.02. The number of hydrogen-bond acceptors (Lipinski definition) is 11. The molecule has 7 aliphatic rings. The summed E-state index contributed by atoms with van der Waals surface area (Å²) >= 11 is 0. The highest BCUT2D eigenvalue weighted by Gasteiger charge is 2.62. The van der Waals surface area contributed by atoms with E-state index in [2.05, 4.69) is 27.5 Å². The van der Waals surface area contributed by atoms with E-state index in [1.54, 1.807) is 51.2 Å². The first-order valence-corrected chi connectivity index (χ1v) is 20.2. The molecule has 2 N–H and O–H groups in total. The first-order valence-electron chi connectivity index (χ1n) is 20.2. The lowest BCUT2D eigenvalue weighted by Gasteiger charge is -2.61. The average molecular weight is 763 g/mol. The highest BCUT2D eigenvalue weighted by atomic mass is 19.1. The number of likely N-dealkylation sites (N-methyl/N-ethyl adjacent to an activating group) is 1. The van der Waals surface area contributed by atoms with E-state index in [9.17, 15) is 24.0 Å². The Labute approximate surface area is 322 Å². The van der Waals surface area contributed by atoms with Gasteiger partial charge in [0.25, 0.3) is 5.91 Å². The molecule has 1 aromatic carbocycles. The van der Waals surface area contributed by atoms with Gasteiger partial charge in [-0.3, -0.25) is 24.1 Å². The summed E-state index contributed by atoms with van der Waals surface area (Å²) in [5, 5.41) is 5.91. The molecule has 5 fully saturated rings. The van der Waals surface area contributed by atoms with Crippen molar-refractivity contribution in [2.75, 3.05) is 59.4 Å². The van der Waals surface area contributed by atoms with Gasteiger partial charge in [-0.25, -0.2) is 9.18 Å². The fourth-order valence-corrected chi connectivity index (χ4v) is 10.4. The van der Waals surface area contributed by atoms with Crippen molar-refractivity contribution in [3.8, 4) is 0 Å². The zero-order chi connectivity index (χ0) is 38.8. The van der Waals surface area contributed by atoms with Gasteiger partial charge in [0.1, 0.15) is 11.8 Å². The van der Waals surface area contributed by atoms with Crippen molar-refractivity contribution in [3.63, 3.8) is 0 Å². The van der Waals surface area contributed by atoms with Crippen molar-refractivity contribution in [1.82, 2.24) is 30.2 Å². The van der Waals surface area contributed by atoms with Crippen LogP contribution in [0.5, 0.6) is 0 Å². The number of hydrogen-bond donors (Lipinski definition) is 2. The number of nitrogens with one attached hydrogen (secondary N) is 2. The van der Waals surface area contributed by atoms with Crippen LogP contribution in [0.1, 0.15) is 73.6 Å². The number of alkyl halides is 1. The number of carbonyl (C=O) groups is 5. The largest absolute Gasteiger partial charge is 0.444 e. The Morgan fingerprint density at radius 3 is 2.29 bits per heavy atom. The maximum absolute atomic E-state index is 16.8. The molecule has 14 heteroatoms. The second kappa shape index (κ2) is 15.0. The molecule has 298 valence electrons. The monoisotopic (exact) mass is 762 g/mol. The second-order valence-corrected chi connectivity index (χ2v) is 17.7. The lowest BCUT2D eigenvalue weighted by Crippen LogP contribution is -2.74. The maximum Gasteiger partial charge on any atom is 0.407 e. The molecule has 3 aliphatic carbocycles. The van der Waals surface area contributed by atoms with E-state index >= 15 is 4.39 Å². The summed E-state index contributed by atoms with van der Waals surface area (Å²) in [4.78, 5) is 77.2. The Morgan fingerprint density at radius 1 is 0.909 bits per heavy atom. The van der Waals surface area contributed by atoms with Crippen LogP contribution in [-0.4, -0.2) is 157 Å². The third-order valence-electron chi connectivity index (χ3n) is 13.0. The quantitative estimate of drug-likeness (QED) is 0.313. The molecule has 55 heavy (non-hydrogen) atoms. The van der Waals surface area contributed by atoms with E-state index in [1.165, 1.54) is 0 Å². The number of halogens is 1. The van der Waals surface area contributed by atoms with Gasteiger partial charge in [0.15, 0.2) is 17.3 Å². The molecular weight excluding hydrogens is 707 g/mol. The van der Waals surface area contributed by atoms with E-state index in [0.29, 0.717) is 43.6 Å². The van der Waals surface area contributed by atoms with Crippen LogP contribution in [-0.2, 0) is 19.1 Å². The Kier molecular flexibility index (Phi) is 10.4. The minimum atomic E-state index is -1.44. The number of piperazine rings is 1. The smallest absolute Gasteiger partial charge is 0.407 e. The number of nitrogens with zero attached hydrogens (tertiary/aromatic N) is 4. The first kappa shape index (κ1) is 38.2. The van der Waals surface area contributed by atoms with Gasteiger partial charge in [-0.15, -0.1) is 0 Å². The number of ketones is 3. The predicted octanol–water partition coefficient (Wildman–Crippen LogP) is 2.44. The molecule has 4 heterocycles. The van der Waals surface area contributed by atoms with E-state index in [4.69, 9.17) is 9.47 Å². The van der Waals surface area contributed by atoms with Crippen LogP contribution < -0.4 is 10.6 Å². The number of benzene rings is 1. The lowest BCUT2D eigenvalue weighted by molar-refractivity contribution is -0.214. The molecule has 0 bridgehead atoms. The van der Waals surface area contributed by atoms with Gasteiger partial charge in [-0.1, -0.05) is 24.3 Å². The van der Waals surface area contributed by atoms with Gasteiger partial charge in [0.2, 0.25) is 0 Å². The Morgan fingerprint density at radius 2 is 1.60 bits per heavy atom. The number of Topliss-reactive ketones (excluding diaryl/α,β-unsaturated/α-hetero) is 3. The van der Waals surface area contributed by atoms with Crippen molar-refractivity contribution >= 4 is 29.4 Å². The molecule has 13 nitrogen and oxygen atoms in total. The molecule has 1 aromatic rings. The Hall–Kier alpha value is -3.72. The highest BCUT2D eigenvalue weighted by molar-refractivity contribution is 6.20. The fourth-order valence-electron chi connectivity index (χ4n) is 10.4. The molecule has 3 saturated heterocycles. The van der Waals surface area contributed by atoms with Gasteiger partial charge in [-0.05, 0) is 66.5 Å². The van der Waals surface area contributed by atoms with Crippen LogP contribution in [0.25, 0.3) is 0 Å². The molecule has 8 rings (SSSR count). The Balaban J connectivity index is 1.05. The van der Waals surface area contributed by atoms with Gasteiger partial charge in [-0.2, -0.15) is 0 Å². The number of amides is 2. The van der Waals surface area contributed by atoms with Crippen molar-refractivity contribution < 1.29 is 37.8 Å². The molecule has 0 aromatic heterocycles. The van der Waals surface area contributed by atoms with Crippen LogP contribution in [0.4, 0.5) is 9.18 Å². The summed E-state index contributed by atoms with van der Waals surface area (Å²) in [6.07, 6.45) is 0.261. The summed E-state index contributed by atoms with van der Waals surface area (Å²) in [5.74, 6) is -2.97. The van der Waals surface area contributed by atoms with Crippen LogP contribution >= 0.6 is 0 Å². The number of morpholine rings is 1. The standard InChI is InChI=1S/C41H55FN6O7/c1-41(2,3)55-40(53)44-23-10-13-47(21-23)34-30(42)18-28-33-38(34)54-32-20-27-26(35(49)24-8-5-6-9-25(24)36(27)50)19-31(32)48(33)22-29(37(28)51)39(52)43-11-7-12-46-16-14-45(4)15-17-46/h5-6,8-9,22-23,26-28,30-34,38H,7,10-21H2,1-4H3,(H,43,52)(H,44,53). The van der Waals surface area contributed by atoms with Crippen LogP contribution in [0.15, 0.2) is 36.0 Å². The average Bonchev–Trinajstić information content (AvgIpc) is 3.60. The van der Waals surface area contributed by atoms with Gasteiger partial charge < -0.3 is 34.8 Å². The summed E-state index contributed by atoms with van der Waals surface area (Å²) in [6.45, 7) is 11.5. The number of alkyl carbamates (subject to hydrolysis) is 1. The van der Waals surface area contributed by atoms with Gasteiger partial charge >= 0.3 is 6.09 Å². The molecule has 2 amide bonds. The third kappa shape index (κ3) is 7.35. The molecule has 4 aliphatic heterocycles. The lowest BCUT2D eigenvalue weighted by atomic mass is 9.63. The molecule has 0 spiro atoms. The zero-order valence-electron chi connectivity index (χ0n) is 32.4. The highest BCUT2D eigenvalue weighted by Crippen LogP contribution is 2.50. The van der Waals surface area contributed by atoms with Crippen LogP contribution in [0, 0.1) is 17.8 Å². The molecule has 10 atom stereocenters. The van der Waals surface area contributed by atoms with Crippen LogP contribution in [0.3, 0.4) is 0 Å². The summed E-state index contributed by atoms with van der Waals surface area (Å²) in [7, 11) is 2.11. The first-order chi connectivity index (χ1) is 26.3. The molecule has 10 unspecified atom stereocenters. The van der Waals surface area contributed by atoms with Crippen LogP contribution in [0.2, 0.25) is 0 Å². The van der Waals surface area contributed by atoms with E-state index < -0.39 is 71.9 Å². The number of ether oxygens (including phenoxy) is 2. The normalized spacial score (nSPS) is 35.3. The van der Waals surface area contributed by atoms with Crippen molar-refractivity contribution in [2.24, 2.45) is 17.8 Å². The molecule has 2 saturated carbocycles. The summed E-state index contributed by atoms with van der Waals surface area (Å²) < 4.78 is 29.2. The fraction of sp³-hybridized carbons (Fsp3) is 0.683. The topological polar surface area (TPSA) is 141 Å². The van der Waals surface area contributed by atoms with Crippen molar-refractivity contribution in [3.05, 3.63) is 47.2 Å². The number of carbonyl (C=O) groups excluding carboxylic acids is 5. The van der Waals surface area contributed by atoms with E-state index in [0.717, 1.165) is 39.1 Å². The predicted molar refractivity (Wildman–Crippen MR) is 200 cm³/mol. The minimum absolute atomic E-state index is 0.00668. The van der Waals surface area contributed by atoms with Crippen molar-refractivity contribution in [1.29, 1.82) is 0 Å². The SMILES string of the molecule is CN1CCN(CCCNC(=O)C2=CN3C4CC5C(=O)c6ccccc6C(=O)C5CC4OC4C(N5CCC(NC(=O)OC(C)(C)C)C5)C(F)CC(C2=O)C43)CC1. The second-order valence-electron chi connectivity index (χ2n) is 17.7. The molecule has 0 radical (unpaired) electrons. The third-order valence-corrected chi connectivity index (χ3v) is 13.0. The van der Waals surface area contributed by atoms with Crippen molar-refractivity contribution in [2.45, 2.75) is 101 Å². The van der Waals surface area contributed by atoms with Gasteiger partial charge in [0.05, 0.1) is 35.9 Å². The van der Waals surface area contributed by atoms with Gasteiger partial charge in [0, 0.05) is 86.9 Å². The number of rotatable bonds is 7. The van der Waals surface area contributed by atoms with E-state index in [-0.39, 0.29) is 41.8 Å². The molecular formula is C41H55FN6O7.